The normalized spacial score (nSPS) is 20.8. The van der Waals surface area contributed by atoms with E-state index in [-0.39, 0.29) is 11.7 Å². The van der Waals surface area contributed by atoms with Gasteiger partial charge in [-0.25, -0.2) is 13.2 Å². The van der Waals surface area contributed by atoms with Crippen molar-refractivity contribution in [1.29, 1.82) is 0 Å². The molecule has 3 rings (SSSR count). The van der Waals surface area contributed by atoms with Crippen molar-refractivity contribution < 1.29 is 22.7 Å². The zero-order valence-corrected chi connectivity index (χ0v) is 16.4. The van der Waals surface area contributed by atoms with Crippen molar-refractivity contribution in [3.8, 4) is 0 Å². The molecule has 0 aromatic heterocycles. The van der Waals surface area contributed by atoms with Crippen molar-refractivity contribution in [1.82, 2.24) is 4.90 Å². The maximum Gasteiger partial charge on any atom is 0.338 e. The van der Waals surface area contributed by atoms with Crippen LogP contribution in [0.5, 0.6) is 0 Å². The van der Waals surface area contributed by atoms with E-state index >= 15 is 0 Å². The van der Waals surface area contributed by atoms with Gasteiger partial charge in [0.25, 0.3) is 5.91 Å². The number of ether oxygens (including phenoxy) is 1. The summed E-state index contributed by atoms with van der Waals surface area (Å²) < 4.78 is 30.6. The van der Waals surface area contributed by atoms with Crippen LogP contribution in [0.15, 0.2) is 24.3 Å². The summed E-state index contributed by atoms with van der Waals surface area (Å²) in [5.74, 6) is -0.598. The van der Waals surface area contributed by atoms with E-state index in [9.17, 15) is 18.0 Å². The Labute approximate surface area is 160 Å². The van der Waals surface area contributed by atoms with Gasteiger partial charge in [-0.3, -0.25) is 9.10 Å². The van der Waals surface area contributed by atoms with Crippen molar-refractivity contribution in [3.63, 3.8) is 0 Å². The first-order chi connectivity index (χ1) is 12.9. The minimum Gasteiger partial charge on any atom is -0.449 e. The van der Waals surface area contributed by atoms with E-state index in [1.165, 1.54) is 16.4 Å². The maximum absolute atomic E-state index is 12.5. The van der Waals surface area contributed by atoms with Crippen LogP contribution in [0, 0.1) is 0 Å². The van der Waals surface area contributed by atoms with Gasteiger partial charge in [-0.05, 0) is 50.5 Å². The molecular weight excluding hydrogens is 368 g/mol. The second-order valence-electron chi connectivity index (χ2n) is 7.08. The van der Waals surface area contributed by atoms with E-state index < -0.39 is 22.1 Å². The molecule has 2 saturated heterocycles. The average molecular weight is 394 g/mol. The summed E-state index contributed by atoms with van der Waals surface area (Å²) in [5.41, 5.74) is 0.837. The van der Waals surface area contributed by atoms with Gasteiger partial charge in [0.2, 0.25) is 10.0 Å². The van der Waals surface area contributed by atoms with E-state index in [4.69, 9.17) is 4.74 Å². The molecular formula is C19H26N2O5S. The second-order valence-corrected chi connectivity index (χ2v) is 9.09. The summed E-state index contributed by atoms with van der Waals surface area (Å²) in [6.07, 6.45) is 3.96. The van der Waals surface area contributed by atoms with Gasteiger partial charge in [-0.1, -0.05) is 12.8 Å². The third kappa shape index (κ3) is 4.61. The summed E-state index contributed by atoms with van der Waals surface area (Å²) in [7, 11) is -3.25. The van der Waals surface area contributed by atoms with Crippen LogP contribution in [0.1, 0.15) is 49.4 Å². The van der Waals surface area contributed by atoms with Crippen LogP contribution in [0.2, 0.25) is 0 Å². The third-order valence-electron chi connectivity index (χ3n) is 5.04. The number of hydrogen-bond acceptors (Lipinski definition) is 5. The topological polar surface area (TPSA) is 84.0 Å². The van der Waals surface area contributed by atoms with Crippen LogP contribution < -0.4 is 4.31 Å². The fraction of sp³-hybridized carbons (Fsp3) is 0.579. The zero-order valence-electron chi connectivity index (χ0n) is 15.6. The number of nitrogens with zero attached hydrogens (tertiary/aromatic N) is 2. The van der Waals surface area contributed by atoms with Crippen molar-refractivity contribution >= 4 is 27.6 Å². The van der Waals surface area contributed by atoms with Gasteiger partial charge in [-0.15, -0.1) is 0 Å². The van der Waals surface area contributed by atoms with Crippen LogP contribution in [0.3, 0.4) is 0 Å². The van der Waals surface area contributed by atoms with E-state index in [1.54, 1.807) is 24.0 Å². The van der Waals surface area contributed by atoms with Crippen LogP contribution in [0.25, 0.3) is 0 Å². The number of rotatable bonds is 4. The van der Waals surface area contributed by atoms with Crippen molar-refractivity contribution in [2.24, 2.45) is 0 Å². The molecule has 2 fully saturated rings. The largest absolute Gasteiger partial charge is 0.449 e. The van der Waals surface area contributed by atoms with Crippen LogP contribution >= 0.6 is 0 Å². The standard InChI is InChI=1S/C19H26N2O5S/c1-15(18(22)20-11-4-2-3-5-12-20)26-19(23)16-7-9-17(10-8-16)21-13-6-14-27(21,24)25/h7-10,15H,2-6,11-14H2,1H3/t15-/m0/s1. The Bertz CT molecular complexity index is 783. The molecule has 0 N–H and O–H groups in total. The fourth-order valence-corrected chi connectivity index (χ4v) is 5.08. The second kappa shape index (κ2) is 8.29. The Kier molecular flexibility index (Phi) is 6.04. The van der Waals surface area contributed by atoms with Crippen molar-refractivity contribution in [2.45, 2.75) is 45.1 Å². The Morgan fingerprint density at radius 3 is 2.15 bits per heavy atom. The number of likely N-dealkylation sites (tertiary alicyclic amines) is 1. The van der Waals surface area contributed by atoms with Crippen molar-refractivity contribution in [2.75, 3.05) is 29.7 Å². The summed E-state index contributed by atoms with van der Waals surface area (Å²) in [5, 5.41) is 0. The molecule has 0 radical (unpaired) electrons. The zero-order chi connectivity index (χ0) is 19.4. The lowest BCUT2D eigenvalue weighted by molar-refractivity contribution is -0.139. The number of esters is 1. The lowest BCUT2D eigenvalue weighted by Crippen LogP contribution is -2.40. The summed E-state index contributed by atoms with van der Waals surface area (Å²) in [4.78, 5) is 26.6. The lowest BCUT2D eigenvalue weighted by atomic mass is 10.2. The van der Waals surface area contributed by atoms with E-state index in [2.05, 4.69) is 0 Å². The molecule has 0 saturated carbocycles. The highest BCUT2D eigenvalue weighted by Gasteiger charge is 2.29. The minimum absolute atomic E-state index is 0.146. The van der Waals surface area contributed by atoms with Crippen molar-refractivity contribution in [3.05, 3.63) is 29.8 Å². The molecule has 8 heteroatoms. The van der Waals surface area contributed by atoms with Crippen LogP contribution in [-0.4, -0.2) is 56.7 Å². The molecule has 0 unspecified atom stereocenters. The van der Waals surface area contributed by atoms with Gasteiger partial charge in [-0.2, -0.15) is 0 Å². The maximum atomic E-state index is 12.5. The minimum atomic E-state index is -3.25. The smallest absolute Gasteiger partial charge is 0.338 e. The number of sulfonamides is 1. The third-order valence-corrected chi connectivity index (χ3v) is 6.91. The predicted octanol–water partition coefficient (Wildman–Crippen LogP) is 2.17. The lowest BCUT2D eigenvalue weighted by Gasteiger charge is -2.24. The number of benzene rings is 1. The molecule has 1 aromatic rings. The molecule has 2 aliphatic rings. The Balaban J connectivity index is 1.61. The highest BCUT2D eigenvalue weighted by molar-refractivity contribution is 7.93. The highest BCUT2D eigenvalue weighted by atomic mass is 32.2. The first kappa shape index (κ1) is 19.7. The number of hydrogen-bond donors (Lipinski definition) is 0. The number of carbonyl (C=O) groups is 2. The number of amides is 1. The molecule has 148 valence electrons. The van der Waals surface area contributed by atoms with E-state index in [1.807, 2.05) is 0 Å². The molecule has 27 heavy (non-hydrogen) atoms. The summed E-state index contributed by atoms with van der Waals surface area (Å²) in [6, 6.07) is 6.27. The first-order valence-corrected chi connectivity index (χ1v) is 11.1. The van der Waals surface area contributed by atoms with Gasteiger partial charge in [0.05, 0.1) is 17.0 Å². The van der Waals surface area contributed by atoms with Crippen LogP contribution in [-0.2, 0) is 19.6 Å². The van der Waals surface area contributed by atoms with Gasteiger partial charge < -0.3 is 9.64 Å². The Hall–Kier alpha value is -2.09. The predicted molar refractivity (Wildman–Crippen MR) is 102 cm³/mol. The van der Waals surface area contributed by atoms with Gasteiger partial charge in [0.1, 0.15) is 0 Å². The molecule has 7 nitrogen and oxygen atoms in total. The molecule has 0 bridgehead atoms. The van der Waals surface area contributed by atoms with E-state index in [0.717, 1.165) is 25.7 Å². The molecule has 2 aliphatic heterocycles. The monoisotopic (exact) mass is 394 g/mol. The van der Waals surface area contributed by atoms with Gasteiger partial charge >= 0.3 is 5.97 Å². The van der Waals surface area contributed by atoms with Gasteiger partial charge in [0, 0.05) is 19.6 Å². The number of carbonyl (C=O) groups excluding carboxylic acids is 2. The number of anilines is 1. The first-order valence-electron chi connectivity index (χ1n) is 9.49. The molecule has 1 atom stereocenters. The quantitative estimate of drug-likeness (QED) is 0.731. The molecule has 1 aromatic carbocycles. The van der Waals surface area contributed by atoms with Gasteiger partial charge in [0.15, 0.2) is 6.10 Å². The Morgan fingerprint density at radius 2 is 1.59 bits per heavy atom. The SMILES string of the molecule is C[C@H](OC(=O)c1ccc(N2CCCS2(=O)=O)cc1)C(=O)N1CCCCCC1. The highest BCUT2D eigenvalue weighted by Crippen LogP contribution is 2.24. The molecule has 2 heterocycles. The summed E-state index contributed by atoms with van der Waals surface area (Å²) >= 11 is 0. The summed E-state index contributed by atoms with van der Waals surface area (Å²) in [6.45, 7) is 3.46. The van der Waals surface area contributed by atoms with Crippen LogP contribution in [0.4, 0.5) is 5.69 Å². The molecule has 0 spiro atoms. The van der Waals surface area contributed by atoms with E-state index in [0.29, 0.717) is 37.3 Å². The fourth-order valence-electron chi connectivity index (χ4n) is 3.52. The average Bonchev–Trinajstić information content (AvgIpc) is 2.85. The molecule has 1 amide bonds. The molecule has 0 aliphatic carbocycles. The Morgan fingerprint density at radius 1 is 0.963 bits per heavy atom.